The Morgan fingerprint density at radius 2 is 1.88 bits per heavy atom. The van der Waals surface area contributed by atoms with Crippen LogP contribution in [0.25, 0.3) is 0 Å². The van der Waals surface area contributed by atoms with Crippen LogP contribution in [0.15, 0.2) is 48.5 Å². The number of rotatable bonds is 9. The van der Waals surface area contributed by atoms with Crippen LogP contribution < -0.4 is 15.8 Å². The zero-order valence-corrected chi connectivity index (χ0v) is 14.4. The molecule has 0 spiro atoms. The average molecular weight is 347 g/mol. The van der Waals surface area contributed by atoms with E-state index in [9.17, 15) is 4.79 Å². The summed E-state index contributed by atoms with van der Waals surface area (Å²) in [4.78, 5) is 11.9. The monoisotopic (exact) mass is 346 g/mol. The molecular formula is C19H23ClN2O2. The molecule has 2 aromatic rings. The molecule has 0 aromatic heterocycles. The first-order chi connectivity index (χ1) is 11.7. The third-order valence-electron chi connectivity index (χ3n) is 3.51. The van der Waals surface area contributed by atoms with E-state index in [1.807, 2.05) is 48.5 Å². The van der Waals surface area contributed by atoms with Crippen LogP contribution in [0.4, 0.5) is 0 Å². The van der Waals surface area contributed by atoms with Crippen LogP contribution in [-0.2, 0) is 17.8 Å². The highest BCUT2D eigenvalue weighted by Crippen LogP contribution is 2.17. The number of amides is 1. The Morgan fingerprint density at radius 3 is 2.67 bits per heavy atom. The average Bonchev–Trinajstić information content (AvgIpc) is 2.57. The summed E-state index contributed by atoms with van der Waals surface area (Å²) >= 11 is 5.96. The van der Waals surface area contributed by atoms with Gasteiger partial charge >= 0.3 is 0 Å². The van der Waals surface area contributed by atoms with Crippen LogP contribution in [-0.4, -0.2) is 19.0 Å². The zero-order valence-electron chi connectivity index (χ0n) is 13.6. The Bertz CT molecular complexity index is 661. The number of nitrogens with two attached hydrogens (primary N) is 1. The van der Waals surface area contributed by atoms with Crippen LogP contribution in [0.2, 0.25) is 5.02 Å². The molecule has 0 atom stereocenters. The third-order valence-corrected chi connectivity index (χ3v) is 3.75. The van der Waals surface area contributed by atoms with Gasteiger partial charge in [-0.05, 0) is 54.8 Å². The van der Waals surface area contributed by atoms with E-state index < -0.39 is 0 Å². The molecule has 0 saturated carbocycles. The number of hydrogen-bond donors (Lipinski definition) is 2. The number of hydrogen-bond acceptors (Lipinski definition) is 3. The second-order valence-corrected chi connectivity index (χ2v) is 6.02. The molecule has 128 valence electrons. The number of nitrogens with one attached hydrogen (secondary N) is 1. The van der Waals surface area contributed by atoms with Gasteiger partial charge in [0.15, 0.2) is 0 Å². The van der Waals surface area contributed by atoms with Crippen LogP contribution in [0, 0.1) is 0 Å². The lowest BCUT2D eigenvalue weighted by molar-refractivity contribution is -0.120. The highest BCUT2D eigenvalue weighted by molar-refractivity contribution is 6.30. The van der Waals surface area contributed by atoms with E-state index in [-0.39, 0.29) is 5.91 Å². The molecule has 0 aliphatic rings. The predicted molar refractivity (Wildman–Crippen MR) is 97.2 cm³/mol. The van der Waals surface area contributed by atoms with Gasteiger partial charge in [-0.3, -0.25) is 4.79 Å². The normalized spacial score (nSPS) is 10.4. The van der Waals surface area contributed by atoms with E-state index in [2.05, 4.69) is 5.32 Å². The molecule has 2 rings (SSSR count). The van der Waals surface area contributed by atoms with Crippen molar-refractivity contribution < 1.29 is 9.53 Å². The Labute approximate surface area is 148 Å². The Kier molecular flexibility index (Phi) is 7.59. The van der Waals surface area contributed by atoms with Crippen molar-refractivity contribution in [2.45, 2.75) is 25.9 Å². The Hall–Kier alpha value is -2.04. The number of unbranched alkanes of at least 4 members (excludes halogenated alkanes) is 1. The number of ether oxygens (including phenoxy) is 1. The maximum Gasteiger partial charge on any atom is 0.224 e. The summed E-state index contributed by atoms with van der Waals surface area (Å²) in [5.74, 6) is 0.752. The SMILES string of the molecule is NCCCCNC(=O)Cc1cccc(OCc2cccc(Cl)c2)c1. The summed E-state index contributed by atoms with van der Waals surface area (Å²) in [5, 5.41) is 3.59. The van der Waals surface area contributed by atoms with Gasteiger partial charge in [0.25, 0.3) is 0 Å². The minimum Gasteiger partial charge on any atom is -0.489 e. The first-order valence-corrected chi connectivity index (χ1v) is 8.48. The van der Waals surface area contributed by atoms with Crippen molar-refractivity contribution in [1.82, 2.24) is 5.32 Å². The van der Waals surface area contributed by atoms with Crippen molar-refractivity contribution in [3.8, 4) is 5.75 Å². The quantitative estimate of drug-likeness (QED) is 0.684. The van der Waals surface area contributed by atoms with Gasteiger partial charge in [0.2, 0.25) is 5.91 Å². The van der Waals surface area contributed by atoms with Gasteiger partial charge in [-0.25, -0.2) is 0 Å². The molecule has 0 unspecified atom stereocenters. The molecule has 2 aromatic carbocycles. The summed E-state index contributed by atoms with van der Waals surface area (Å²) in [6, 6.07) is 15.2. The second kappa shape index (κ2) is 9.96. The van der Waals surface area contributed by atoms with Crippen LogP contribution in [0.5, 0.6) is 5.75 Å². The summed E-state index contributed by atoms with van der Waals surface area (Å²) in [5.41, 5.74) is 7.36. The van der Waals surface area contributed by atoms with E-state index in [0.29, 0.717) is 31.1 Å². The van der Waals surface area contributed by atoms with E-state index in [4.69, 9.17) is 22.1 Å². The summed E-state index contributed by atoms with van der Waals surface area (Å²) < 4.78 is 5.78. The molecule has 1 amide bonds. The Balaban J connectivity index is 1.83. The van der Waals surface area contributed by atoms with Crippen molar-refractivity contribution in [3.63, 3.8) is 0 Å². The van der Waals surface area contributed by atoms with Gasteiger partial charge in [0.1, 0.15) is 12.4 Å². The predicted octanol–water partition coefficient (Wildman–Crippen LogP) is 3.32. The molecule has 5 heteroatoms. The fourth-order valence-electron chi connectivity index (χ4n) is 2.28. The minimum absolute atomic E-state index is 0.0130. The first kappa shape index (κ1) is 18.3. The maximum atomic E-state index is 11.9. The van der Waals surface area contributed by atoms with Crippen LogP contribution in [0.1, 0.15) is 24.0 Å². The maximum absolute atomic E-state index is 11.9. The lowest BCUT2D eigenvalue weighted by atomic mass is 10.1. The summed E-state index contributed by atoms with van der Waals surface area (Å²) in [6.45, 7) is 1.76. The molecule has 0 aliphatic carbocycles. The Morgan fingerprint density at radius 1 is 1.08 bits per heavy atom. The van der Waals surface area contributed by atoms with Gasteiger partial charge in [-0.1, -0.05) is 35.9 Å². The standard InChI is InChI=1S/C19H23ClN2O2/c20-17-7-3-6-16(11-17)14-24-18-8-4-5-15(12-18)13-19(23)22-10-2-1-9-21/h3-8,11-12H,1-2,9-10,13-14,21H2,(H,22,23). The lowest BCUT2D eigenvalue weighted by Crippen LogP contribution is -2.26. The molecule has 24 heavy (non-hydrogen) atoms. The molecule has 0 heterocycles. The molecule has 0 bridgehead atoms. The van der Waals surface area contributed by atoms with E-state index in [0.717, 1.165) is 29.7 Å². The van der Waals surface area contributed by atoms with Gasteiger partial charge in [-0.2, -0.15) is 0 Å². The molecule has 0 radical (unpaired) electrons. The minimum atomic E-state index is 0.0130. The number of carbonyl (C=O) groups excluding carboxylic acids is 1. The number of carbonyl (C=O) groups is 1. The number of benzene rings is 2. The highest BCUT2D eigenvalue weighted by Gasteiger charge is 2.04. The highest BCUT2D eigenvalue weighted by atomic mass is 35.5. The zero-order chi connectivity index (χ0) is 17.2. The van der Waals surface area contributed by atoms with E-state index in [1.165, 1.54) is 0 Å². The van der Waals surface area contributed by atoms with Gasteiger partial charge < -0.3 is 15.8 Å². The number of halogens is 1. The van der Waals surface area contributed by atoms with Crippen molar-refractivity contribution in [2.24, 2.45) is 5.73 Å². The van der Waals surface area contributed by atoms with Crippen LogP contribution in [0.3, 0.4) is 0 Å². The molecule has 0 aliphatic heterocycles. The largest absolute Gasteiger partial charge is 0.489 e. The van der Waals surface area contributed by atoms with Gasteiger partial charge in [0.05, 0.1) is 6.42 Å². The fourth-order valence-corrected chi connectivity index (χ4v) is 2.50. The molecule has 3 N–H and O–H groups in total. The van der Waals surface area contributed by atoms with E-state index in [1.54, 1.807) is 0 Å². The molecule has 4 nitrogen and oxygen atoms in total. The molecule has 0 saturated heterocycles. The van der Waals surface area contributed by atoms with Crippen LogP contribution >= 0.6 is 11.6 Å². The third kappa shape index (κ3) is 6.60. The second-order valence-electron chi connectivity index (χ2n) is 5.59. The van der Waals surface area contributed by atoms with Crippen molar-refractivity contribution in [2.75, 3.05) is 13.1 Å². The molecular weight excluding hydrogens is 324 g/mol. The first-order valence-electron chi connectivity index (χ1n) is 8.10. The summed E-state index contributed by atoms with van der Waals surface area (Å²) in [7, 11) is 0. The molecule has 0 fully saturated rings. The van der Waals surface area contributed by atoms with Crippen molar-refractivity contribution in [1.29, 1.82) is 0 Å². The topological polar surface area (TPSA) is 64.3 Å². The van der Waals surface area contributed by atoms with Crippen molar-refractivity contribution in [3.05, 3.63) is 64.7 Å². The smallest absolute Gasteiger partial charge is 0.224 e. The lowest BCUT2D eigenvalue weighted by Gasteiger charge is -2.09. The fraction of sp³-hybridized carbons (Fsp3) is 0.316. The van der Waals surface area contributed by atoms with Gasteiger partial charge in [-0.15, -0.1) is 0 Å². The van der Waals surface area contributed by atoms with Crippen molar-refractivity contribution >= 4 is 17.5 Å². The van der Waals surface area contributed by atoms with Gasteiger partial charge in [0, 0.05) is 11.6 Å². The summed E-state index contributed by atoms with van der Waals surface area (Å²) in [6.07, 6.45) is 2.18. The van der Waals surface area contributed by atoms with E-state index >= 15 is 0 Å².